The van der Waals surface area contributed by atoms with Gasteiger partial charge in [0.15, 0.2) is 0 Å². The molecule has 8 nitrogen and oxygen atoms in total. The summed E-state index contributed by atoms with van der Waals surface area (Å²) in [5.74, 6) is 1.56. The number of hydrogen-bond donors (Lipinski definition) is 1. The molecular formula is C20H24N6O2. The van der Waals surface area contributed by atoms with Crippen molar-refractivity contribution in [1.82, 2.24) is 19.2 Å². The Balaban J connectivity index is 1.53. The van der Waals surface area contributed by atoms with Crippen LogP contribution in [0.15, 0.2) is 41.3 Å². The maximum absolute atomic E-state index is 12.5. The van der Waals surface area contributed by atoms with Gasteiger partial charge in [-0.1, -0.05) is 25.1 Å². The van der Waals surface area contributed by atoms with Gasteiger partial charge in [0.1, 0.15) is 12.4 Å². The molecule has 0 bridgehead atoms. The van der Waals surface area contributed by atoms with Crippen molar-refractivity contribution in [3.8, 4) is 0 Å². The first-order valence-electron chi connectivity index (χ1n) is 9.58. The maximum Gasteiger partial charge on any atom is 0.352 e. The third-order valence-corrected chi connectivity index (χ3v) is 5.26. The van der Waals surface area contributed by atoms with Crippen molar-refractivity contribution in [2.75, 3.05) is 23.3 Å². The summed E-state index contributed by atoms with van der Waals surface area (Å²) in [5, 5.41) is 7.08. The van der Waals surface area contributed by atoms with E-state index in [1.165, 1.54) is 4.40 Å². The van der Waals surface area contributed by atoms with E-state index in [1.54, 1.807) is 6.20 Å². The summed E-state index contributed by atoms with van der Waals surface area (Å²) in [6.07, 6.45) is 3.95. The van der Waals surface area contributed by atoms with E-state index in [0.29, 0.717) is 5.78 Å². The van der Waals surface area contributed by atoms with E-state index in [4.69, 9.17) is 0 Å². The largest absolute Gasteiger partial charge is 0.356 e. The highest BCUT2D eigenvalue weighted by atomic mass is 16.2. The van der Waals surface area contributed by atoms with Crippen molar-refractivity contribution in [2.45, 2.75) is 33.2 Å². The van der Waals surface area contributed by atoms with Gasteiger partial charge in [0.25, 0.3) is 5.78 Å². The standard InChI is InChI=1S/C20H24N6O2/c1-14-7-10-24(11-8-14)17-9-12-25-19(22-17)23-26(20(25)28)13-18(27)21-16-6-4-3-5-15(16)2/h3-6,9,12,14H,7-8,10-11,13H2,1-2H3,(H,21,27). The van der Waals surface area contributed by atoms with Crippen molar-refractivity contribution in [2.24, 2.45) is 5.92 Å². The van der Waals surface area contributed by atoms with E-state index in [0.717, 1.165) is 53.6 Å². The lowest BCUT2D eigenvalue weighted by molar-refractivity contribution is -0.117. The second-order valence-electron chi connectivity index (χ2n) is 7.43. The number of aromatic nitrogens is 4. The van der Waals surface area contributed by atoms with Gasteiger partial charge >= 0.3 is 5.69 Å². The minimum atomic E-state index is -0.374. The van der Waals surface area contributed by atoms with E-state index in [2.05, 4.69) is 27.2 Å². The van der Waals surface area contributed by atoms with Gasteiger partial charge in [-0.25, -0.2) is 13.9 Å². The molecule has 4 rings (SSSR count). The fraction of sp³-hybridized carbons (Fsp3) is 0.400. The van der Waals surface area contributed by atoms with Crippen LogP contribution < -0.4 is 15.9 Å². The van der Waals surface area contributed by atoms with Crippen molar-refractivity contribution in [3.63, 3.8) is 0 Å². The SMILES string of the molecule is Cc1ccccc1NC(=O)Cn1nc2nc(N3CCC(C)CC3)ccn2c1=O. The van der Waals surface area contributed by atoms with Crippen LogP contribution in [0.4, 0.5) is 11.5 Å². The molecule has 3 aromatic rings. The fourth-order valence-corrected chi connectivity index (χ4v) is 3.45. The number of nitrogens with one attached hydrogen (secondary N) is 1. The van der Waals surface area contributed by atoms with Gasteiger partial charge < -0.3 is 10.2 Å². The van der Waals surface area contributed by atoms with Gasteiger partial charge in [-0.3, -0.25) is 4.79 Å². The second kappa shape index (κ2) is 7.46. The summed E-state index contributed by atoms with van der Waals surface area (Å²) in [4.78, 5) is 31.7. The number of nitrogens with zero attached hydrogens (tertiary/aromatic N) is 5. The zero-order chi connectivity index (χ0) is 19.7. The van der Waals surface area contributed by atoms with Crippen molar-refractivity contribution < 1.29 is 4.79 Å². The summed E-state index contributed by atoms with van der Waals surface area (Å²) in [6.45, 7) is 5.92. The first-order valence-corrected chi connectivity index (χ1v) is 9.58. The Labute approximate surface area is 162 Å². The summed E-state index contributed by atoms with van der Waals surface area (Å²) >= 11 is 0. The van der Waals surface area contributed by atoms with E-state index < -0.39 is 0 Å². The monoisotopic (exact) mass is 380 g/mol. The quantitative estimate of drug-likeness (QED) is 0.749. The van der Waals surface area contributed by atoms with Crippen LogP contribution in [0.2, 0.25) is 0 Å². The van der Waals surface area contributed by atoms with E-state index >= 15 is 0 Å². The molecule has 1 aliphatic heterocycles. The molecule has 1 amide bonds. The minimum absolute atomic E-state index is 0.160. The first-order chi connectivity index (χ1) is 13.5. The predicted octanol–water partition coefficient (Wildman–Crippen LogP) is 2.07. The normalized spacial score (nSPS) is 15.1. The lowest BCUT2D eigenvalue weighted by Gasteiger charge is -2.30. The molecule has 0 radical (unpaired) electrons. The smallest absolute Gasteiger partial charge is 0.352 e. The molecular weight excluding hydrogens is 356 g/mol. The molecule has 2 aromatic heterocycles. The molecule has 1 saturated heterocycles. The van der Waals surface area contributed by atoms with Gasteiger partial charge in [0, 0.05) is 25.0 Å². The lowest BCUT2D eigenvalue weighted by atomic mass is 9.99. The molecule has 0 aliphatic carbocycles. The number of carbonyl (C=O) groups is 1. The van der Waals surface area contributed by atoms with Gasteiger partial charge in [-0.15, -0.1) is 5.10 Å². The molecule has 0 spiro atoms. The highest BCUT2D eigenvalue weighted by Gasteiger charge is 2.19. The van der Waals surface area contributed by atoms with E-state index in [9.17, 15) is 9.59 Å². The van der Waals surface area contributed by atoms with Gasteiger partial charge in [0.2, 0.25) is 5.91 Å². The van der Waals surface area contributed by atoms with Gasteiger partial charge in [-0.2, -0.15) is 4.98 Å². The van der Waals surface area contributed by atoms with Crippen LogP contribution in [0.1, 0.15) is 25.3 Å². The van der Waals surface area contributed by atoms with Crippen LogP contribution in [0.3, 0.4) is 0 Å². The van der Waals surface area contributed by atoms with Crippen molar-refractivity contribution >= 4 is 23.2 Å². The maximum atomic E-state index is 12.5. The van der Waals surface area contributed by atoms with Crippen molar-refractivity contribution in [3.05, 3.63) is 52.6 Å². The molecule has 0 saturated carbocycles. The summed E-state index contributed by atoms with van der Waals surface area (Å²) in [7, 11) is 0. The van der Waals surface area contributed by atoms with Gasteiger partial charge in [-0.05, 0) is 43.4 Å². The molecule has 1 fully saturated rings. The number of anilines is 2. The third-order valence-electron chi connectivity index (χ3n) is 5.26. The Morgan fingerprint density at radius 2 is 1.96 bits per heavy atom. The predicted molar refractivity (Wildman–Crippen MR) is 108 cm³/mol. The Bertz CT molecular complexity index is 1060. The number of amides is 1. The first kappa shape index (κ1) is 18.2. The number of carbonyl (C=O) groups excluding carboxylic acids is 1. The highest BCUT2D eigenvalue weighted by molar-refractivity contribution is 5.91. The fourth-order valence-electron chi connectivity index (χ4n) is 3.45. The third kappa shape index (κ3) is 3.62. The Morgan fingerprint density at radius 3 is 2.71 bits per heavy atom. The van der Waals surface area contributed by atoms with E-state index in [-0.39, 0.29) is 18.1 Å². The number of rotatable bonds is 4. The lowest BCUT2D eigenvalue weighted by Crippen LogP contribution is -2.33. The summed E-state index contributed by atoms with van der Waals surface area (Å²) < 4.78 is 2.52. The molecule has 1 aliphatic rings. The average Bonchev–Trinajstić information content (AvgIpc) is 2.99. The zero-order valence-corrected chi connectivity index (χ0v) is 16.1. The number of fused-ring (bicyclic) bond motifs is 1. The molecule has 8 heteroatoms. The molecule has 1 N–H and O–H groups in total. The second-order valence-corrected chi connectivity index (χ2v) is 7.43. The number of hydrogen-bond acceptors (Lipinski definition) is 5. The average molecular weight is 380 g/mol. The molecule has 0 atom stereocenters. The van der Waals surface area contributed by atoms with Crippen molar-refractivity contribution in [1.29, 1.82) is 0 Å². The van der Waals surface area contributed by atoms with Gasteiger partial charge in [0.05, 0.1) is 0 Å². The molecule has 1 aromatic carbocycles. The zero-order valence-electron chi connectivity index (χ0n) is 16.1. The molecule has 0 unspecified atom stereocenters. The number of benzene rings is 1. The highest BCUT2D eigenvalue weighted by Crippen LogP contribution is 2.21. The molecule has 146 valence electrons. The van der Waals surface area contributed by atoms with Crippen LogP contribution in [0.5, 0.6) is 0 Å². The van der Waals surface area contributed by atoms with Crippen LogP contribution >= 0.6 is 0 Å². The topological polar surface area (TPSA) is 84.5 Å². The number of piperidine rings is 1. The minimum Gasteiger partial charge on any atom is -0.356 e. The molecule has 28 heavy (non-hydrogen) atoms. The number of aryl methyl sites for hydroxylation is 1. The Kier molecular flexibility index (Phi) is 4.85. The van der Waals surface area contributed by atoms with Crippen LogP contribution in [-0.2, 0) is 11.3 Å². The number of para-hydroxylation sites is 1. The van der Waals surface area contributed by atoms with E-state index in [1.807, 2.05) is 37.3 Å². The molecule has 3 heterocycles. The Hall–Kier alpha value is -3.16. The van der Waals surface area contributed by atoms with Crippen LogP contribution in [0.25, 0.3) is 5.78 Å². The summed E-state index contributed by atoms with van der Waals surface area (Å²) in [6, 6.07) is 9.34. The van der Waals surface area contributed by atoms with Crippen LogP contribution in [0, 0.1) is 12.8 Å². The summed E-state index contributed by atoms with van der Waals surface area (Å²) in [5.41, 5.74) is 1.31. The Morgan fingerprint density at radius 1 is 1.21 bits per heavy atom. The van der Waals surface area contributed by atoms with Crippen LogP contribution in [-0.4, -0.2) is 38.2 Å².